The van der Waals surface area contributed by atoms with Gasteiger partial charge < -0.3 is 0 Å². The molecule has 3 rings (SSSR count). The second kappa shape index (κ2) is 4.55. The van der Waals surface area contributed by atoms with Gasteiger partial charge in [0.1, 0.15) is 0 Å². The third-order valence-corrected chi connectivity index (χ3v) is 5.37. The predicted molar refractivity (Wildman–Crippen MR) is 79.7 cm³/mol. The first-order valence-corrected chi connectivity index (χ1v) is 7.61. The Kier molecular flexibility index (Phi) is 3.03. The summed E-state index contributed by atoms with van der Waals surface area (Å²) in [7, 11) is 0. The van der Waals surface area contributed by atoms with Gasteiger partial charge in [-0.2, -0.15) is 0 Å². The summed E-state index contributed by atoms with van der Waals surface area (Å²) in [6, 6.07) is 9.13. The van der Waals surface area contributed by atoms with Gasteiger partial charge in [-0.05, 0) is 62.6 Å². The molecule has 1 aliphatic rings. The Bertz CT molecular complexity index is 560. The van der Waals surface area contributed by atoms with Crippen LogP contribution < -0.4 is 0 Å². The van der Waals surface area contributed by atoms with E-state index in [-0.39, 0.29) is 0 Å². The molecule has 18 heavy (non-hydrogen) atoms. The first kappa shape index (κ1) is 12.0. The van der Waals surface area contributed by atoms with Crippen molar-refractivity contribution in [3.8, 4) is 0 Å². The Morgan fingerprint density at radius 3 is 2.33 bits per heavy atom. The lowest BCUT2D eigenvalue weighted by atomic mass is 9.80. The fourth-order valence-electron chi connectivity index (χ4n) is 3.16. The second-order valence-corrected chi connectivity index (χ2v) is 6.95. The standard InChI is InChI=1S/C17H20S/c1-11-4-6-14(7-5-11)15-8-9-16-12(2)18-13(3)17(16)10-15/h4-7,15H,8-10H2,1-3H3. The zero-order valence-corrected chi connectivity index (χ0v) is 12.2. The summed E-state index contributed by atoms with van der Waals surface area (Å²) in [5, 5.41) is 0. The molecule has 0 spiro atoms. The van der Waals surface area contributed by atoms with Crippen LogP contribution in [-0.2, 0) is 12.8 Å². The number of hydrogen-bond donors (Lipinski definition) is 0. The zero-order valence-electron chi connectivity index (χ0n) is 11.4. The quantitative estimate of drug-likeness (QED) is 0.677. The average molecular weight is 256 g/mol. The summed E-state index contributed by atoms with van der Waals surface area (Å²) in [4.78, 5) is 3.09. The molecule has 2 aromatic rings. The van der Waals surface area contributed by atoms with Gasteiger partial charge in [0, 0.05) is 9.75 Å². The topological polar surface area (TPSA) is 0 Å². The highest BCUT2D eigenvalue weighted by atomic mass is 32.1. The Balaban J connectivity index is 1.90. The average Bonchev–Trinajstić information content (AvgIpc) is 2.66. The molecule has 0 radical (unpaired) electrons. The van der Waals surface area contributed by atoms with Gasteiger partial charge in [0.25, 0.3) is 0 Å². The molecular formula is C17H20S. The van der Waals surface area contributed by atoms with Crippen LogP contribution in [0.5, 0.6) is 0 Å². The van der Waals surface area contributed by atoms with Gasteiger partial charge in [0.2, 0.25) is 0 Å². The van der Waals surface area contributed by atoms with E-state index in [2.05, 4.69) is 45.0 Å². The SMILES string of the molecule is Cc1ccc(C2CCc3c(C)sc(C)c3C2)cc1. The summed E-state index contributed by atoms with van der Waals surface area (Å²) in [5.41, 5.74) is 6.18. The first-order chi connectivity index (χ1) is 8.65. The number of fused-ring (bicyclic) bond motifs is 1. The van der Waals surface area contributed by atoms with Crippen LogP contribution in [0, 0.1) is 20.8 Å². The Hall–Kier alpha value is -1.08. The van der Waals surface area contributed by atoms with Gasteiger partial charge >= 0.3 is 0 Å². The summed E-state index contributed by atoms with van der Waals surface area (Å²) in [6.07, 6.45) is 3.83. The van der Waals surface area contributed by atoms with Crippen LogP contribution in [0.15, 0.2) is 24.3 Å². The molecule has 0 amide bonds. The van der Waals surface area contributed by atoms with E-state index in [1.807, 2.05) is 11.3 Å². The maximum absolute atomic E-state index is 2.32. The molecule has 1 heteroatoms. The molecule has 1 aliphatic carbocycles. The Morgan fingerprint density at radius 2 is 1.61 bits per heavy atom. The number of thiophene rings is 1. The molecule has 0 saturated carbocycles. The van der Waals surface area contributed by atoms with Crippen LogP contribution in [0.4, 0.5) is 0 Å². The van der Waals surface area contributed by atoms with Crippen molar-refractivity contribution < 1.29 is 0 Å². The largest absolute Gasteiger partial charge is 0.145 e. The minimum atomic E-state index is 0.728. The molecule has 1 atom stereocenters. The lowest BCUT2D eigenvalue weighted by molar-refractivity contribution is 0.584. The van der Waals surface area contributed by atoms with Crippen LogP contribution in [0.2, 0.25) is 0 Å². The molecule has 94 valence electrons. The Labute approximate surface area is 114 Å². The highest BCUT2D eigenvalue weighted by molar-refractivity contribution is 7.12. The highest BCUT2D eigenvalue weighted by Crippen LogP contribution is 2.39. The van der Waals surface area contributed by atoms with Crippen LogP contribution in [0.3, 0.4) is 0 Å². The van der Waals surface area contributed by atoms with Gasteiger partial charge in [-0.1, -0.05) is 29.8 Å². The van der Waals surface area contributed by atoms with Crippen molar-refractivity contribution in [2.45, 2.75) is 46.0 Å². The van der Waals surface area contributed by atoms with E-state index in [0.717, 1.165) is 5.92 Å². The maximum atomic E-state index is 2.32. The van der Waals surface area contributed by atoms with Gasteiger partial charge in [0.05, 0.1) is 0 Å². The molecule has 1 aromatic carbocycles. The van der Waals surface area contributed by atoms with Gasteiger partial charge in [-0.3, -0.25) is 0 Å². The van der Waals surface area contributed by atoms with Crippen molar-refractivity contribution in [1.82, 2.24) is 0 Å². The summed E-state index contributed by atoms with van der Waals surface area (Å²) in [6.45, 7) is 6.73. The van der Waals surface area contributed by atoms with E-state index >= 15 is 0 Å². The van der Waals surface area contributed by atoms with Crippen LogP contribution in [0.25, 0.3) is 0 Å². The number of hydrogen-bond acceptors (Lipinski definition) is 1. The Morgan fingerprint density at radius 1 is 0.944 bits per heavy atom. The lowest BCUT2D eigenvalue weighted by Gasteiger charge is -2.24. The van der Waals surface area contributed by atoms with Gasteiger partial charge in [-0.15, -0.1) is 11.3 Å². The van der Waals surface area contributed by atoms with Gasteiger partial charge in [-0.25, -0.2) is 0 Å². The smallest absolute Gasteiger partial charge is 0.00521 e. The first-order valence-electron chi connectivity index (χ1n) is 6.79. The maximum Gasteiger partial charge on any atom is 0.00521 e. The molecule has 1 aromatic heterocycles. The van der Waals surface area contributed by atoms with E-state index in [9.17, 15) is 0 Å². The molecule has 1 heterocycles. The summed E-state index contributed by atoms with van der Waals surface area (Å²) < 4.78 is 0. The van der Waals surface area contributed by atoms with Crippen molar-refractivity contribution in [2.24, 2.45) is 0 Å². The predicted octanol–water partition coefficient (Wildman–Crippen LogP) is 4.95. The molecule has 0 saturated heterocycles. The molecule has 0 aliphatic heterocycles. The third kappa shape index (κ3) is 2.01. The number of aryl methyl sites for hydroxylation is 3. The van der Waals surface area contributed by atoms with Crippen LogP contribution >= 0.6 is 11.3 Å². The summed E-state index contributed by atoms with van der Waals surface area (Å²) >= 11 is 1.98. The molecule has 0 N–H and O–H groups in total. The normalized spacial score (nSPS) is 18.7. The fourth-order valence-corrected chi connectivity index (χ4v) is 4.30. The zero-order chi connectivity index (χ0) is 12.7. The van der Waals surface area contributed by atoms with E-state index in [0.29, 0.717) is 0 Å². The molecule has 0 nitrogen and oxygen atoms in total. The van der Waals surface area contributed by atoms with E-state index in [1.165, 1.54) is 30.4 Å². The number of rotatable bonds is 1. The van der Waals surface area contributed by atoms with Crippen molar-refractivity contribution in [3.63, 3.8) is 0 Å². The van der Waals surface area contributed by atoms with Crippen molar-refractivity contribution in [3.05, 3.63) is 56.3 Å². The molecule has 0 bridgehead atoms. The van der Waals surface area contributed by atoms with Crippen molar-refractivity contribution in [2.75, 3.05) is 0 Å². The molecule has 0 fully saturated rings. The van der Waals surface area contributed by atoms with E-state index in [4.69, 9.17) is 0 Å². The second-order valence-electron chi connectivity index (χ2n) is 5.52. The third-order valence-electron chi connectivity index (χ3n) is 4.26. The minimum Gasteiger partial charge on any atom is -0.145 e. The van der Waals surface area contributed by atoms with Crippen molar-refractivity contribution in [1.29, 1.82) is 0 Å². The van der Waals surface area contributed by atoms with Crippen LogP contribution in [-0.4, -0.2) is 0 Å². The summed E-state index contributed by atoms with van der Waals surface area (Å²) in [5.74, 6) is 0.728. The minimum absolute atomic E-state index is 0.728. The van der Waals surface area contributed by atoms with Gasteiger partial charge in [0.15, 0.2) is 0 Å². The van der Waals surface area contributed by atoms with E-state index in [1.54, 1.807) is 20.9 Å². The fraction of sp³-hybridized carbons (Fsp3) is 0.412. The highest BCUT2D eigenvalue weighted by Gasteiger charge is 2.24. The monoisotopic (exact) mass is 256 g/mol. The van der Waals surface area contributed by atoms with Crippen LogP contribution in [0.1, 0.15) is 44.3 Å². The van der Waals surface area contributed by atoms with E-state index < -0.39 is 0 Å². The lowest BCUT2D eigenvalue weighted by Crippen LogP contribution is -2.12. The molecular weight excluding hydrogens is 236 g/mol. The number of benzene rings is 1. The molecule has 1 unspecified atom stereocenters. The van der Waals surface area contributed by atoms with Crippen molar-refractivity contribution >= 4 is 11.3 Å².